The first-order valence-corrected chi connectivity index (χ1v) is 11.6. The number of allylic oxidation sites excluding steroid dienone is 2. The van der Waals surface area contributed by atoms with E-state index in [1.165, 1.54) is 6.08 Å². The molecule has 0 aromatic carbocycles. The average Bonchev–Trinajstić information content (AvgIpc) is 3.23. The number of nitrogens with one attached hydrogen (secondary N) is 2. The van der Waals surface area contributed by atoms with Crippen molar-refractivity contribution < 1.29 is 33.8 Å². The summed E-state index contributed by atoms with van der Waals surface area (Å²) in [6.45, 7) is 1.97. The van der Waals surface area contributed by atoms with Crippen LogP contribution < -0.4 is 10.6 Å². The van der Waals surface area contributed by atoms with Crippen LogP contribution in [0.2, 0.25) is 0 Å². The molecule has 0 saturated carbocycles. The highest BCUT2D eigenvalue weighted by atomic mass is 32.2. The number of cyclic esters (lactones) is 1. The lowest BCUT2D eigenvalue weighted by molar-refractivity contribution is -0.149. The summed E-state index contributed by atoms with van der Waals surface area (Å²) in [5.74, 6) is -1.34. The lowest BCUT2D eigenvalue weighted by Crippen LogP contribution is -2.44. The van der Waals surface area contributed by atoms with Crippen molar-refractivity contribution in [3.05, 3.63) is 53.1 Å². The fraction of sp³-hybridized carbons (Fsp3) is 0.455. The van der Waals surface area contributed by atoms with Crippen molar-refractivity contribution in [2.75, 3.05) is 12.3 Å². The van der Waals surface area contributed by atoms with E-state index in [2.05, 4.69) is 15.6 Å². The maximum atomic E-state index is 12.6. The molecule has 11 heteroatoms. The first-order valence-electron chi connectivity index (χ1n) is 10.6. The summed E-state index contributed by atoms with van der Waals surface area (Å²) in [4.78, 5) is 42.3. The van der Waals surface area contributed by atoms with E-state index in [1.54, 1.807) is 31.2 Å². The van der Waals surface area contributed by atoms with Crippen LogP contribution in [-0.2, 0) is 20.7 Å². The number of carbonyl (C=O) groups is 3. The average molecular weight is 478 g/mol. The standard InChI is InChI=1S/C22H27N3O7S/c1-13-6-7-18-21(29)23-8-4-2-3-5-14(26)9-15(27)10-19-24-16(11-31-19)20(28)25-17(12-33-18)22(30)32-13/h2-5,7,11,13-15,17,26-27H,6,8-10,12H2,1H3,(H,23,29)(H,25,28)/b4-2-,5-3-,18-7-/t13-,14-,15+,17-/m1/s1. The summed E-state index contributed by atoms with van der Waals surface area (Å²) in [6, 6.07) is -1.00. The monoisotopic (exact) mass is 477 g/mol. The Bertz CT molecular complexity index is 956. The van der Waals surface area contributed by atoms with Crippen LogP contribution in [0.25, 0.3) is 0 Å². The Balaban J connectivity index is 1.84. The van der Waals surface area contributed by atoms with Crippen molar-refractivity contribution in [1.82, 2.24) is 15.6 Å². The van der Waals surface area contributed by atoms with Crippen molar-refractivity contribution in [3.8, 4) is 0 Å². The predicted molar refractivity (Wildman–Crippen MR) is 120 cm³/mol. The normalized spacial score (nSPS) is 31.5. The molecule has 4 bridgehead atoms. The largest absolute Gasteiger partial charge is 0.461 e. The second-order valence-electron chi connectivity index (χ2n) is 7.70. The van der Waals surface area contributed by atoms with Gasteiger partial charge < -0.3 is 30.0 Å². The smallest absolute Gasteiger partial charge is 0.329 e. The van der Waals surface area contributed by atoms with Crippen molar-refractivity contribution in [2.24, 2.45) is 0 Å². The zero-order valence-electron chi connectivity index (χ0n) is 18.1. The van der Waals surface area contributed by atoms with Crippen molar-refractivity contribution in [2.45, 2.75) is 50.5 Å². The Morgan fingerprint density at radius 2 is 2.00 bits per heavy atom. The molecule has 2 aliphatic rings. The minimum atomic E-state index is -1.00. The Morgan fingerprint density at radius 3 is 2.82 bits per heavy atom. The maximum absolute atomic E-state index is 12.6. The van der Waals surface area contributed by atoms with E-state index in [9.17, 15) is 24.6 Å². The number of amides is 2. The Kier molecular flexibility index (Phi) is 8.87. The maximum Gasteiger partial charge on any atom is 0.329 e. The van der Waals surface area contributed by atoms with Gasteiger partial charge in [-0.3, -0.25) is 9.59 Å². The van der Waals surface area contributed by atoms with Crippen LogP contribution in [0.4, 0.5) is 0 Å². The highest BCUT2D eigenvalue weighted by Gasteiger charge is 2.28. The molecule has 4 N–H and O–H groups in total. The molecular formula is C22H27N3O7S. The van der Waals surface area contributed by atoms with Crippen LogP contribution in [0.1, 0.15) is 36.1 Å². The van der Waals surface area contributed by atoms with E-state index < -0.39 is 36.2 Å². The third-order valence-electron chi connectivity index (χ3n) is 4.84. The van der Waals surface area contributed by atoms with Gasteiger partial charge in [0.25, 0.3) is 11.8 Å². The number of thioether (sulfide) groups is 1. The van der Waals surface area contributed by atoms with Gasteiger partial charge >= 0.3 is 5.97 Å². The first kappa shape index (κ1) is 24.7. The molecule has 1 aromatic rings. The Labute approximate surface area is 195 Å². The van der Waals surface area contributed by atoms with E-state index in [4.69, 9.17) is 9.15 Å². The summed E-state index contributed by atoms with van der Waals surface area (Å²) in [6.07, 6.45) is 7.47. The molecule has 10 nitrogen and oxygen atoms in total. The third kappa shape index (κ3) is 7.58. The quantitative estimate of drug-likeness (QED) is 0.394. The van der Waals surface area contributed by atoms with Crippen molar-refractivity contribution in [1.29, 1.82) is 0 Å². The molecular weight excluding hydrogens is 450 g/mol. The molecule has 0 fully saturated rings. The molecule has 178 valence electrons. The summed E-state index contributed by atoms with van der Waals surface area (Å²) in [5.41, 5.74) is -0.0589. The number of aliphatic hydroxyl groups excluding tert-OH is 2. The van der Waals surface area contributed by atoms with E-state index in [1.807, 2.05) is 0 Å². The lowest BCUT2D eigenvalue weighted by Gasteiger charge is -2.18. The molecule has 4 atom stereocenters. The van der Waals surface area contributed by atoms with Gasteiger partial charge in [-0.05, 0) is 6.92 Å². The molecule has 2 amide bonds. The van der Waals surface area contributed by atoms with E-state index in [0.717, 1.165) is 18.0 Å². The fourth-order valence-corrected chi connectivity index (χ4v) is 4.10. The number of nitrogens with zero attached hydrogens (tertiary/aromatic N) is 1. The van der Waals surface area contributed by atoms with Gasteiger partial charge in [0.1, 0.15) is 18.4 Å². The molecule has 33 heavy (non-hydrogen) atoms. The van der Waals surface area contributed by atoms with Crippen LogP contribution in [0.5, 0.6) is 0 Å². The highest BCUT2D eigenvalue weighted by molar-refractivity contribution is 8.04. The number of fused-ring (bicyclic) bond motifs is 5. The summed E-state index contributed by atoms with van der Waals surface area (Å²) < 4.78 is 10.7. The summed E-state index contributed by atoms with van der Waals surface area (Å²) in [5, 5.41) is 25.6. The van der Waals surface area contributed by atoms with Gasteiger partial charge in [-0.1, -0.05) is 30.4 Å². The summed E-state index contributed by atoms with van der Waals surface area (Å²) >= 11 is 1.15. The Morgan fingerprint density at radius 1 is 1.18 bits per heavy atom. The van der Waals surface area contributed by atoms with E-state index in [0.29, 0.717) is 11.3 Å². The number of rotatable bonds is 0. The molecule has 0 spiro atoms. The predicted octanol–water partition coefficient (Wildman–Crippen LogP) is 0.622. The number of aromatic nitrogens is 1. The minimum absolute atomic E-state index is 0.00699. The molecule has 2 aliphatic heterocycles. The number of carbonyl (C=O) groups excluding carboxylic acids is 3. The lowest BCUT2D eigenvalue weighted by atomic mass is 10.1. The molecule has 0 saturated heterocycles. The molecule has 3 rings (SSSR count). The molecule has 0 aliphatic carbocycles. The summed E-state index contributed by atoms with van der Waals surface area (Å²) in [7, 11) is 0. The zero-order chi connectivity index (χ0) is 23.8. The number of esters is 1. The minimum Gasteiger partial charge on any atom is -0.461 e. The van der Waals surface area contributed by atoms with Gasteiger partial charge in [-0.15, -0.1) is 11.8 Å². The van der Waals surface area contributed by atoms with Gasteiger partial charge in [0, 0.05) is 25.1 Å². The zero-order valence-corrected chi connectivity index (χ0v) is 18.9. The van der Waals surface area contributed by atoms with Gasteiger partial charge in [0.05, 0.1) is 23.5 Å². The van der Waals surface area contributed by atoms with Crippen LogP contribution in [-0.4, -0.2) is 69.6 Å². The van der Waals surface area contributed by atoms with Crippen LogP contribution >= 0.6 is 11.8 Å². The van der Waals surface area contributed by atoms with Crippen LogP contribution in [0, 0.1) is 0 Å². The first-order chi connectivity index (χ1) is 15.8. The van der Waals surface area contributed by atoms with E-state index >= 15 is 0 Å². The number of oxazole rings is 1. The van der Waals surface area contributed by atoms with Gasteiger partial charge in [0.2, 0.25) is 0 Å². The highest BCUT2D eigenvalue weighted by Crippen LogP contribution is 2.22. The molecule has 0 unspecified atom stereocenters. The number of hydrogen-bond acceptors (Lipinski definition) is 9. The second-order valence-corrected chi connectivity index (χ2v) is 8.76. The number of ether oxygens (including phenoxy) is 1. The number of aliphatic hydroxyl groups is 2. The molecule has 3 heterocycles. The van der Waals surface area contributed by atoms with Gasteiger partial charge in [-0.2, -0.15) is 0 Å². The van der Waals surface area contributed by atoms with Crippen molar-refractivity contribution in [3.63, 3.8) is 0 Å². The fourth-order valence-electron chi connectivity index (χ4n) is 3.12. The van der Waals surface area contributed by atoms with Crippen molar-refractivity contribution >= 4 is 29.5 Å². The van der Waals surface area contributed by atoms with E-state index in [-0.39, 0.29) is 42.6 Å². The van der Waals surface area contributed by atoms with Crippen LogP contribution in [0.3, 0.4) is 0 Å². The molecule has 1 aromatic heterocycles. The third-order valence-corrected chi connectivity index (χ3v) is 6.00. The Hall–Kier alpha value is -2.89. The van der Waals surface area contributed by atoms with Crippen LogP contribution in [0.15, 0.2) is 46.0 Å². The van der Waals surface area contributed by atoms with Gasteiger partial charge in [-0.25, -0.2) is 9.78 Å². The molecule has 0 radical (unpaired) electrons. The topological polar surface area (TPSA) is 151 Å². The second kappa shape index (κ2) is 11.8. The number of hydrogen-bond donors (Lipinski definition) is 4. The van der Waals surface area contributed by atoms with Gasteiger partial charge in [0.15, 0.2) is 11.6 Å². The SMILES string of the molecule is C[C@@H]1C/C=C2\SC[C@@H](NC(=O)c3coc(n3)C[C@@H](O)C[C@H](O)/C=C\C=C/CNC2=O)C(=O)O1.